The standard InChI is InChI=1S/C18H27NO2/c1-5-15(6-2)18(20)19-11-14(4)21-17(12-19)16-9-7-13(3)8-10-16/h7-10,14-15,17H,5-6,11-12H2,1-4H3. The molecule has 1 aliphatic rings. The van der Waals surface area contributed by atoms with Crippen LogP contribution in [-0.4, -0.2) is 30.0 Å². The third-order valence-electron chi connectivity index (χ3n) is 4.36. The van der Waals surface area contributed by atoms with Gasteiger partial charge in [0.1, 0.15) is 6.10 Å². The second-order valence-electron chi connectivity index (χ2n) is 6.10. The second kappa shape index (κ2) is 7.08. The third kappa shape index (κ3) is 3.85. The number of benzene rings is 1. The fraction of sp³-hybridized carbons (Fsp3) is 0.611. The van der Waals surface area contributed by atoms with E-state index in [1.165, 1.54) is 5.56 Å². The van der Waals surface area contributed by atoms with Crippen molar-refractivity contribution < 1.29 is 9.53 Å². The molecule has 0 spiro atoms. The minimum atomic E-state index is -0.00679. The van der Waals surface area contributed by atoms with Crippen LogP contribution in [-0.2, 0) is 9.53 Å². The maximum atomic E-state index is 12.6. The van der Waals surface area contributed by atoms with Crippen LogP contribution in [0.5, 0.6) is 0 Å². The van der Waals surface area contributed by atoms with E-state index in [-0.39, 0.29) is 24.0 Å². The summed E-state index contributed by atoms with van der Waals surface area (Å²) < 4.78 is 6.05. The van der Waals surface area contributed by atoms with E-state index in [0.717, 1.165) is 18.4 Å². The lowest BCUT2D eigenvalue weighted by molar-refractivity contribution is -0.149. The number of amides is 1. The highest BCUT2D eigenvalue weighted by atomic mass is 16.5. The van der Waals surface area contributed by atoms with Crippen molar-refractivity contribution in [3.05, 3.63) is 35.4 Å². The molecule has 1 aromatic rings. The van der Waals surface area contributed by atoms with Gasteiger partial charge in [0.15, 0.2) is 0 Å². The molecule has 3 heteroatoms. The zero-order valence-corrected chi connectivity index (χ0v) is 13.6. The molecule has 2 rings (SSSR count). The molecule has 2 unspecified atom stereocenters. The van der Waals surface area contributed by atoms with Crippen LogP contribution in [0.2, 0.25) is 0 Å². The Morgan fingerprint density at radius 3 is 2.43 bits per heavy atom. The van der Waals surface area contributed by atoms with Gasteiger partial charge < -0.3 is 9.64 Å². The molecule has 1 aliphatic heterocycles. The summed E-state index contributed by atoms with van der Waals surface area (Å²) in [5, 5.41) is 0. The summed E-state index contributed by atoms with van der Waals surface area (Å²) in [6, 6.07) is 8.42. The molecule has 1 saturated heterocycles. The van der Waals surface area contributed by atoms with E-state index in [2.05, 4.69) is 45.0 Å². The van der Waals surface area contributed by atoms with Gasteiger partial charge in [-0.2, -0.15) is 0 Å². The molecule has 1 amide bonds. The van der Waals surface area contributed by atoms with Crippen LogP contribution in [0.4, 0.5) is 0 Å². The molecule has 0 aliphatic carbocycles. The highest BCUT2D eigenvalue weighted by Crippen LogP contribution is 2.27. The molecule has 0 bridgehead atoms. The van der Waals surface area contributed by atoms with Crippen molar-refractivity contribution >= 4 is 5.91 Å². The Morgan fingerprint density at radius 1 is 1.24 bits per heavy atom. The van der Waals surface area contributed by atoms with Crippen molar-refractivity contribution in [3.63, 3.8) is 0 Å². The van der Waals surface area contributed by atoms with Gasteiger partial charge in [0, 0.05) is 12.5 Å². The Hall–Kier alpha value is -1.35. The Labute approximate surface area is 128 Å². The van der Waals surface area contributed by atoms with Gasteiger partial charge in [-0.05, 0) is 32.3 Å². The SMILES string of the molecule is CCC(CC)C(=O)N1CC(C)OC(c2ccc(C)cc2)C1. The summed E-state index contributed by atoms with van der Waals surface area (Å²) in [6.07, 6.45) is 1.91. The van der Waals surface area contributed by atoms with E-state index < -0.39 is 0 Å². The number of hydrogen-bond donors (Lipinski definition) is 0. The average Bonchev–Trinajstić information content (AvgIpc) is 2.48. The van der Waals surface area contributed by atoms with E-state index in [1.54, 1.807) is 0 Å². The van der Waals surface area contributed by atoms with E-state index in [4.69, 9.17) is 4.74 Å². The smallest absolute Gasteiger partial charge is 0.225 e. The maximum absolute atomic E-state index is 12.6. The fourth-order valence-electron chi connectivity index (χ4n) is 2.99. The van der Waals surface area contributed by atoms with Crippen LogP contribution in [0, 0.1) is 12.8 Å². The minimum absolute atomic E-state index is 0.00679. The average molecular weight is 289 g/mol. The topological polar surface area (TPSA) is 29.5 Å². The van der Waals surface area contributed by atoms with Crippen molar-refractivity contribution in [1.82, 2.24) is 4.90 Å². The molecule has 116 valence electrons. The Balaban J connectivity index is 2.12. The number of carbonyl (C=O) groups excluding carboxylic acids is 1. The summed E-state index contributed by atoms with van der Waals surface area (Å²) in [5.41, 5.74) is 2.40. The van der Waals surface area contributed by atoms with Gasteiger partial charge in [0.05, 0.1) is 12.6 Å². The molecule has 3 nitrogen and oxygen atoms in total. The highest BCUT2D eigenvalue weighted by molar-refractivity contribution is 5.79. The predicted molar refractivity (Wildman–Crippen MR) is 85.1 cm³/mol. The normalized spacial score (nSPS) is 22.6. The first-order chi connectivity index (χ1) is 10.0. The second-order valence-corrected chi connectivity index (χ2v) is 6.10. The van der Waals surface area contributed by atoms with Gasteiger partial charge in [-0.15, -0.1) is 0 Å². The number of carbonyl (C=O) groups is 1. The quantitative estimate of drug-likeness (QED) is 0.845. The third-order valence-corrected chi connectivity index (χ3v) is 4.36. The molecule has 0 saturated carbocycles. The van der Waals surface area contributed by atoms with Crippen LogP contribution >= 0.6 is 0 Å². The molecule has 1 fully saturated rings. The Morgan fingerprint density at radius 2 is 1.86 bits per heavy atom. The largest absolute Gasteiger partial charge is 0.367 e. The lowest BCUT2D eigenvalue weighted by atomic mass is 9.99. The van der Waals surface area contributed by atoms with Crippen molar-refractivity contribution in [2.45, 2.75) is 52.7 Å². The van der Waals surface area contributed by atoms with Crippen LogP contribution in [0.15, 0.2) is 24.3 Å². The van der Waals surface area contributed by atoms with Crippen molar-refractivity contribution in [2.75, 3.05) is 13.1 Å². The lowest BCUT2D eigenvalue weighted by Crippen LogP contribution is -2.48. The summed E-state index contributed by atoms with van der Waals surface area (Å²) in [5.74, 6) is 0.432. The molecule has 1 heterocycles. The Bertz CT molecular complexity index is 465. The summed E-state index contributed by atoms with van der Waals surface area (Å²) in [4.78, 5) is 14.6. The molecule has 1 aromatic carbocycles. The first-order valence-corrected chi connectivity index (χ1v) is 8.05. The van der Waals surface area contributed by atoms with E-state index in [0.29, 0.717) is 13.1 Å². The van der Waals surface area contributed by atoms with Gasteiger partial charge in [-0.25, -0.2) is 0 Å². The highest BCUT2D eigenvalue weighted by Gasteiger charge is 2.31. The van der Waals surface area contributed by atoms with E-state index in [1.807, 2.05) is 11.8 Å². The zero-order valence-electron chi connectivity index (χ0n) is 13.6. The number of aryl methyl sites for hydroxylation is 1. The number of morpholine rings is 1. The Kier molecular flexibility index (Phi) is 5.40. The van der Waals surface area contributed by atoms with Gasteiger partial charge in [0.25, 0.3) is 0 Å². The van der Waals surface area contributed by atoms with Crippen LogP contribution in [0.1, 0.15) is 50.8 Å². The zero-order chi connectivity index (χ0) is 15.4. The molecule has 0 aromatic heterocycles. The van der Waals surface area contributed by atoms with Gasteiger partial charge in [-0.1, -0.05) is 43.7 Å². The van der Waals surface area contributed by atoms with Crippen LogP contribution in [0.3, 0.4) is 0 Å². The van der Waals surface area contributed by atoms with E-state index in [9.17, 15) is 4.79 Å². The molecule has 2 atom stereocenters. The first-order valence-electron chi connectivity index (χ1n) is 8.05. The van der Waals surface area contributed by atoms with Crippen LogP contribution in [0.25, 0.3) is 0 Å². The van der Waals surface area contributed by atoms with Crippen LogP contribution < -0.4 is 0 Å². The molecular formula is C18H27NO2. The predicted octanol–water partition coefficient (Wildman–Crippen LogP) is 3.72. The van der Waals surface area contributed by atoms with Gasteiger partial charge in [-0.3, -0.25) is 4.79 Å². The fourth-order valence-corrected chi connectivity index (χ4v) is 2.99. The number of hydrogen-bond acceptors (Lipinski definition) is 2. The maximum Gasteiger partial charge on any atom is 0.225 e. The minimum Gasteiger partial charge on any atom is -0.367 e. The van der Waals surface area contributed by atoms with E-state index >= 15 is 0 Å². The lowest BCUT2D eigenvalue weighted by Gasteiger charge is -2.38. The first kappa shape index (κ1) is 16.0. The van der Waals surface area contributed by atoms with Gasteiger partial charge in [0.2, 0.25) is 5.91 Å². The van der Waals surface area contributed by atoms with Gasteiger partial charge >= 0.3 is 0 Å². The number of rotatable bonds is 4. The van der Waals surface area contributed by atoms with Crippen molar-refractivity contribution in [2.24, 2.45) is 5.92 Å². The number of nitrogens with zero attached hydrogens (tertiary/aromatic N) is 1. The number of ether oxygens (including phenoxy) is 1. The van der Waals surface area contributed by atoms with Crippen molar-refractivity contribution in [1.29, 1.82) is 0 Å². The monoisotopic (exact) mass is 289 g/mol. The molecule has 0 radical (unpaired) electrons. The molecular weight excluding hydrogens is 262 g/mol. The summed E-state index contributed by atoms with van der Waals surface area (Å²) >= 11 is 0. The molecule has 21 heavy (non-hydrogen) atoms. The summed E-state index contributed by atoms with van der Waals surface area (Å²) in [7, 11) is 0. The van der Waals surface area contributed by atoms with Crippen molar-refractivity contribution in [3.8, 4) is 0 Å². The summed E-state index contributed by atoms with van der Waals surface area (Å²) in [6.45, 7) is 9.69. The molecule has 0 N–H and O–H groups in total.